The molecule has 1 atom stereocenters. The number of benzene rings is 3. The summed E-state index contributed by atoms with van der Waals surface area (Å²) in [6.45, 7) is 5.59. The summed E-state index contributed by atoms with van der Waals surface area (Å²) in [5, 5.41) is 31.1. The van der Waals surface area contributed by atoms with Crippen LogP contribution in [0.3, 0.4) is 0 Å². The number of halogens is 9. The van der Waals surface area contributed by atoms with E-state index in [2.05, 4.69) is 39.4 Å². The molecule has 1 aliphatic rings. The van der Waals surface area contributed by atoms with Crippen LogP contribution in [0.5, 0.6) is 17.2 Å². The number of alkyl halides is 9. The largest absolute Gasteiger partial charge is 0.492 e. The molecule has 1 saturated heterocycles. The topological polar surface area (TPSA) is 270 Å². The van der Waals surface area contributed by atoms with Gasteiger partial charge in [0.25, 0.3) is 10.1 Å². The van der Waals surface area contributed by atoms with E-state index in [4.69, 9.17) is 14.2 Å². The zero-order valence-electron chi connectivity index (χ0n) is 51.4. The number of imidazole rings is 3. The van der Waals surface area contributed by atoms with Crippen molar-refractivity contribution in [2.45, 2.75) is 51.3 Å². The molecule has 6 aromatic heterocycles. The van der Waals surface area contributed by atoms with E-state index in [1.165, 1.54) is 49.3 Å². The lowest BCUT2D eigenvalue weighted by Crippen LogP contribution is -2.45. The highest BCUT2D eigenvalue weighted by Gasteiger charge is 2.38. The van der Waals surface area contributed by atoms with Gasteiger partial charge in [0.2, 0.25) is 5.91 Å². The number of nitrogens with zero attached hydrogens (tertiary/aromatic N) is 14. The van der Waals surface area contributed by atoms with Crippen molar-refractivity contribution < 1.29 is 71.1 Å². The number of aryl methyl sites for hydroxylation is 3. The summed E-state index contributed by atoms with van der Waals surface area (Å²) in [5.74, 6) is -1.07. The van der Waals surface area contributed by atoms with Gasteiger partial charge in [0.1, 0.15) is 78.4 Å². The van der Waals surface area contributed by atoms with Gasteiger partial charge in [-0.1, -0.05) is 6.92 Å². The number of carbonyl (C=O) groups excluding carboxylic acids is 1. The van der Waals surface area contributed by atoms with Gasteiger partial charge in [0.15, 0.2) is 17.1 Å². The summed E-state index contributed by atoms with van der Waals surface area (Å²) in [6, 6.07) is 21.2. The number of likely N-dealkylation sites (tertiary alicyclic amines) is 1. The molecule has 94 heavy (non-hydrogen) atoms. The molecule has 1 fully saturated rings. The molecule has 0 radical (unpaired) electrons. The number of nitriles is 3. The smallest absolute Gasteiger partial charge is 0.419 e. The van der Waals surface area contributed by atoms with Crippen LogP contribution in [0.2, 0.25) is 0 Å². The molecule has 7 heterocycles. The molecule has 0 spiro atoms. The lowest BCUT2D eigenvalue weighted by atomic mass is 10.1. The monoisotopic (exact) mass is 1330 g/mol. The van der Waals surface area contributed by atoms with Crippen LogP contribution in [0.1, 0.15) is 60.5 Å². The van der Waals surface area contributed by atoms with Crippen molar-refractivity contribution in [3.05, 3.63) is 126 Å². The second-order valence-corrected chi connectivity index (χ2v) is 22.8. The molecule has 32 heteroatoms. The Morgan fingerprint density at radius 2 is 0.979 bits per heavy atom. The third-order valence-electron chi connectivity index (χ3n) is 14.7. The van der Waals surface area contributed by atoms with Gasteiger partial charge in [-0.2, -0.15) is 63.7 Å². The van der Waals surface area contributed by atoms with Crippen molar-refractivity contribution in [1.82, 2.24) is 58.7 Å². The van der Waals surface area contributed by atoms with Gasteiger partial charge in [-0.25, -0.2) is 29.9 Å². The van der Waals surface area contributed by atoms with Crippen LogP contribution in [0.4, 0.5) is 39.5 Å². The van der Waals surface area contributed by atoms with Gasteiger partial charge < -0.3 is 38.1 Å². The Morgan fingerprint density at radius 3 is 1.31 bits per heavy atom. The van der Waals surface area contributed by atoms with Gasteiger partial charge in [-0.3, -0.25) is 13.9 Å². The number of hydrogen-bond acceptors (Lipinski definition) is 18. The van der Waals surface area contributed by atoms with Gasteiger partial charge in [0, 0.05) is 50.9 Å². The molecular weight excluding hydrogens is 1270 g/mol. The fraction of sp³-hybridized carbons (Fsp3) is 0.355. The molecule has 1 amide bonds. The number of fused-ring (bicyclic) bond motifs is 3. The van der Waals surface area contributed by atoms with E-state index in [-0.39, 0.29) is 94.1 Å². The van der Waals surface area contributed by atoms with Gasteiger partial charge in [-0.05, 0) is 113 Å². The van der Waals surface area contributed by atoms with Crippen molar-refractivity contribution in [2.75, 3.05) is 72.5 Å². The van der Waals surface area contributed by atoms with E-state index >= 15 is 0 Å². The first-order valence-corrected chi connectivity index (χ1v) is 30.5. The van der Waals surface area contributed by atoms with Crippen LogP contribution >= 0.6 is 0 Å². The second kappa shape index (κ2) is 29.3. The summed E-state index contributed by atoms with van der Waals surface area (Å²) < 4.78 is 170. The minimum absolute atomic E-state index is 0.00471. The molecule has 1 N–H and O–H groups in total. The summed E-state index contributed by atoms with van der Waals surface area (Å²) in [6.07, 6.45) is -6.93. The number of hydrogen-bond donors (Lipinski definition) is 1. The number of aromatic nitrogens is 9. The third-order valence-corrected chi connectivity index (χ3v) is 15.3. The first-order chi connectivity index (χ1) is 44.5. The van der Waals surface area contributed by atoms with Crippen LogP contribution < -0.4 is 19.5 Å². The molecule has 10 rings (SSSR count). The second-order valence-electron chi connectivity index (χ2n) is 21.2. The molecule has 494 valence electrons. The Morgan fingerprint density at radius 1 is 0.596 bits per heavy atom. The zero-order valence-corrected chi connectivity index (χ0v) is 52.3. The Hall–Kier alpha value is -9.94. The van der Waals surface area contributed by atoms with Crippen LogP contribution in [0, 0.1) is 34.0 Å². The van der Waals surface area contributed by atoms with Crippen molar-refractivity contribution in [2.24, 2.45) is 21.1 Å². The number of ether oxygens (including phenoxy) is 3. The minimum atomic E-state index is -4.74. The van der Waals surface area contributed by atoms with E-state index < -0.39 is 64.3 Å². The Balaban J connectivity index is 0.000000183. The Kier molecular flexibility index (Phi) is 21.8. The maximum absolute atomic E-state index is 13.9. The molecule has 0 aliphatic carbocycles. The normalized spacial score (nSPS) is 13.6. The van der Waals surface area contributed by atoms with Gasteiger partial charge >= 0.3 is 18.5 Å². The van der Waals surface area contributed by atoms with E-state index in [1.807, 2.05) is 44.0 Å². The molecule has 0 bridgehead atoms. The molecule has 0 unspecified atom stereocenters. The van der Waals surface area contributed by atoms with E-state index in [9.17, 15) is 68.5 Å². The van der Waals surface area contributed by atoms with Crippen molar-refractivity contribution >= 4 is 49.1 Å². The highest BCUT2D eigenvalue weighted by atomic mass is 32.2. The SMILES string of the molecule is CCN(CCOc1ccc(-c2cc3c(ncn3C)c(C#N)n2)cc1C(F)(F)F)C(=O)[C@@H]1CCCN1C.CCNCCOc1ccc(-c2cc3c(ncn3C)c(C#N)n2)cc1C(F)(F)F.Cn1cnc2c(C#N)nc(-c3ccc(OCCOS(C)(=O)=O)c(C(F)(F)F)c3)cc21. The number of rotatable bonds is 19. The third kappa shape index (κ3) is 16.6. The molecular formula is C62H60F9N15O7S. The summed E-state index contributed by atoms with van der Waals surface area (Å²) in [7, 11) is 3.33. The number of carbonyl (C=O) groups is 1. The van der Waals surface area contributed by atoms with E-state index in [0.717, 1.165) is 49.9 Å². The van der Waals surface area contributed by atoms with Gasteiger partial charge in [0.05, 0.1) is 88.1 Å². The number of nitrogens with one attached hydrogen (secondary N) is 1. The number of amides is 1. The summed E-state index contributed by atoms with van der Waals surface area (Å²) in [5.41, 5.74) is 1.31. The predicted octanol–water partition coefficient (Wildman–Crippen LogP) is 10.2. The van der Waals surface area contributed by atoms with Crippen molar-refractivity contribution in [3.8, 4) is 69.2 Å². The zero-order chi connectivity index (χ0) is 68.5. The van der Waals surface area contributed by atoms with Crippen LogP contribution in [-0.2, 0) is 58.8 Å². The highest BCUT2D eigenvalue weighted by molar-refractivity contribution is 7.86. The fourth-order valence-corrected chi connectivity index (χ4v) is 10.4. The lowest BCUT2D eigenvalue weighted by molar-refractivity contribution is -0.140. The molecule has 22 nitrogen and oxygen atoms in total. The summed E-state index contributed by atoms with van der Waals surface area (Å²) >= 11 is 0. The van der Waals surface area contributed by atoms with E-state index in [1.54, 1.807) is 57.9 Å². The van der Waals surface area contributed by atoms with E-state index in [0.29, 0.717) is 52.7 Å². The summed E-state index contributed by atoms with van der Waals surface area (Å²) in [4.78, 5) is 41.3. The Bertz CT molecular complexity index is 4490. The first kappa shape index (κ1) is 69.9. The van der Waals surface area contributed by atoms with Crippen LogP contribution in [-0.4, -0.2) is 146 Å². The van der Waals surface area contributed by atoms with Crippen LogP contribution in [0.15, 0.2) is 91.8 Å². The molecule has 0 saturated carbocycles. The van der Waals surface area contributed by atoms with Crippen LogP contribution in [0.25, 0.3) is 66.9 Å². The quantitative estimate of drug-likeness (QED) is 0.0448. The average Bonchev–Trinajstić information content (AvgIpc) is 1.40. The minimum Gasteiger partial charge on any atom is -0.492 e. The lowest BCUT2D eigenvalue weighted by Gasteiger charge is -2.27. The van der Waals surface area contributed by atoms with Crippen molar-refractivity contribution in [3.63, 3.8) is 0 Å². The highest BCUT2D eigenvalue weighted by Crippen LogP contribution is 2.42. The van der Waals surface area contributed by atoms with Crippen molar-refractivity contribution in [1.29, 1.82) is 15.8 Å². The fourth-order valence-electron chi connectivity index (χ4n) is 10.0. The molecule has 9 aromatic rings. The molecule has 1 aliphatic heterocycles. The maximum atomic E-state index is 13.9. The first-order valence-electron chi connectivity index (χ1n) is 28.7. The average molecular weight is 1330 g/mol. The standard InChI is InChI=1S/C25H27F3N6O2.C19H18F3N5O.C18H15F3N4O4S/c1-4-34(24(35)20-6-5-9-32(20)2)10-11-36-22-8-7-16(12-17(22)25(26,27)28)18-13-21-23(19(14-29)31-18)30-15-33(21)3;1-3-24-6-7-28-17-5-4-12(8-13(17)19(20,21)22)14-9-16-18(15(10-23)26-14)25-11-27(16)2;1-25-10-23-17-14(9-22)24-13(8-15(17)25)11-3-4-16(12(7-11)18(19,20)21)28-5-6-29-30(2,26)27/h7-8,12-13,15,20H,4-6,9-11H2,1-3H3;4-5,8-9,11,24H,3,6-7H2,1-2H3;3-4,7-8,10H,5-6H2,1-2H3/t20-;;/m0../s1. The predicted molar refractivity (Wildman–Crippen MR) is 325 cm³/mol. The Labute approximate surface area is 532 Å². The number of pyridine rings is 3. The molecule has 3 aromatic carbocycles. The van der Waals surface area contributed by atoms with Gasteiger partial charge in [-0.15, -0.1) is 0 Å². The number of likely N-dealkylation sites (N-methyl/N-ethyl adjacent to an activating group) is 3. The maximum Gasteiger partial charge on any atom is 0.419 e.